The Bertz CT molecular complexity index is 84.8. The van der Waals surface area contributed by atoms with E-state index in [4.69, 9.17) is 4.74 Å². The smallest absolute Gasteiger partial charge is 0.0591 e. The number of terminal acetylenes is 1. The Kier molecular flexibility index (Phi) is 11.0. The maximum Gasteiger partial charge on any atom is 0.0591 e. The summed E-state index contributed by atoms with van der Waals surface area (Å²) in [6.45, 7) is 3.83. The fourth-order valence-corrected chi connectivity index (χ4v) is 1.40. The molecule has 76 valence electrons. The Morgan fingerprint density at radius 1 is 0.769 bits per heavy atom. The Morgan fingerprint density at radius 3 is 1.31 bits per heavy atom. The minimum Gasteiger partial charge on any atom is -0.379 e. The Hall–Kier alpha value is -0.520. The standard InChI is InChI=1S/C5H10.C4H9NO.C2H2/c1-2-4-5-3-1;1-3-6-4-2-5-1;1-2/h1-5H2;5H,1-4H2;1-2H. The van der Waals surface area contributed by atoms with Crippen LogP contribution in [0.4, 0.5) is 0 Å². The van der Waals surface area contributed by atoms with E-state index in [9.17, 15) is 0 Å². The van der Waals surface area contributed by atoms with Crippen LogP contribution in [-0.2, 0) is 4.74 Å². The molecule has 1 heterocycles. The average Bonchev–Trinajstić information content (AvgIpc) is 2.82. The van der Waals surface area contributed by atoms with E-state index < -0.39 is 0 Å². The van der Waals surface area contributed by atoms with Crippen molar-refractivity contribution >= 4 is 0 Å². The van der Waals surface area contributed by atoms with Gasteiger partial charge in [0, 0.05) is 13.1 Å². The summed E-state index contributed by atoms with van der Waals surface area (Å²) in [5, 5.41) is 3.16. The van der Waals surface area contributed by atoms with Crippen molar-refractivity contribution in [3.8, 4) is 12.8 Å². The molecule has 0 aromatic rings. The van der Waals surface area contributed by atoms with Crippen molar-refractivity contribution in [2.24, 2.45) is 0 Å². The second kappa shape index (κ2) is 11.5. The predicted octanol–water partition coefficient (Wildman–Crippen LogP) is 1.81. The summed E-state index contributed by atoms with van der Waals surface area (Å²) in [6.07, 6.45) is 15.5. The van der Waals surface area contributed by atoms with Crippen LogP contribution >= 0.6 is 0 Å². The molecule has 0 unspecified atom stereocenters. The molecule has 1 saturated carbocycles. The molecule has 1 aliphatic heterocycles. The molecule has 0 bridgehead atoms. The fourth-order valence-electron chi connectivity index (χ4n) is 1.40. The zero-order valence-corrected chi connectivity index (χ0v) is 8.43. The molecule has 2 rings (SSSR count). The first-order valence-electron chi connectivity index (χ1n) is 5.12. The molecule has 1 aliphatic carbocycles. The van der Waals surface area contributed by atoms with Gasteiger partial charge < -0.3 is 10.1 Å². The van der Waals surface area contributed by atoms with Gasteiger partial charge in [-0.1, -0.05) is 32.1 Å². The molecule has 2 aliphatic rings. The lowest BCUT2D eigenvalue weighted by Crippen LogP contribution is -2.30. The quantitative estimate of drug-likeness (QED) is 0.578. The lowest BCUT2D eigenvalue weighted by atomic mass is 10.4. The van der Waals surface area contributed by atoms with Crippen molar-refractivity contribution in [2.45, 2.75) is 32.1 Å². The topological polar surface area (TPSA) is 21.3 Å². The van der Waals surface area contributed by atoms with Gasteiger partial charge in [0.2, 0.25) is 0 Å². The van der Waals surface area contributed by atoms with Crippen molar-refractivity contribution in [2.75, 3.05) is 26.3 Å². The van der Waals surface area contributed by atoms with Crippen LogP contribution in [0, 0.1) is 12.8 Å². The average molecular weight is 183 g/mol. The van der Waals surface area contributed by atoms with E-state index in [0.29, 0.717) is 0 Å². The molecule has 0 radical (unpaired) electrons. The predicted molar refractivity (Wildman–Crippen MR) is 56.7 cm³/mol. The summed E-state index contributed by atoms with van der Waals surface area (Å²) in [7, 11) is 0. The molecule has 2 nitrogen and oxygen atoms in total. The van der Waals surface area contributed by atoms with Gasteiger partial charge in [0.15, 0.2) is 0 Å². The van der Waals surface area contributed by atoms with Crippen LogP contribution in [0.2, 0.25) is 0 Å². The van der Waals surface area contributed by atoms with Crippen LogP contribution in [0.3, 0.4) is 0 Å². The highest BCUT2D eigenvalue weighted by Crippen LogP contribution is 2.15. The van der Waals surface area contributed by atoms with Gasteiger partial charge in [0.25, 0.3) is 0 Å². The highest BCUT2D eigenvalue weighted by molar-refractivity contribution is 4.51. The minimum absolute atomic E-state index is 0.889. The van der Waals surface area contributed by atoms with E-state index >= 15 is 0 Å². The zero-order valence-electron chi connectivity index (χ0n) is 8.43. The van der Waals surface area contributed by atoms with E-state index in [1.807, 2.05) is 0 Å². The molecule has 0 aromatic heterocycles. The Morgan fingerprint density at radius 2 is 1.15 bits per heavy atom. The zero-order chi connectivity index (χ0) is 9.78. The Labute approximate surface area is 82.1 Å². The molecule has 0 spiro atoms. The molecule has 2 fully saturated rings. The lowest BCUT2D eigenvalue weighted by molar-refractivity contribution is 0.109. The van der Waals surface area contributed by atoms with Crippen molar-refractivity contribution in [1.29, 1.82) is 0 Å². The summed E-state index contributed by atoms with van der Waals surface area (Å²) >= 11 is 0. The number of rotatable bonds is 0. The fraction of sp³-hybridized carbons (Fsp3) is 0.818. The normalized spacial score (nSPS) is 20.5. The summed E-state index contributed by atoms with van der Waals surface area (Å²) in [4.78, 5) is 0. The molecule has 13 heavy (non-hydrogen) atoms. The first kappa shape index (κ1) is 12.5. The maximum absolute atomic E-state index is 5.01. The summed E-state index contributed by atoms with van der Waals surface area (Å²) in [5.74, 6) is 0. The van der Waals surface area contributed by atoms with Crippen molar-refractivity contribution < 1.29 is 4.74 Å². The molecular formula is C11H21NO. The molecule has 0 atom stereocenters. The van der Waals surface area contributed by atoms with Crippen molar-refractivity contribution in [3.63, 3.8) is 0 Å². The van der Waals surface area contributed by atoms with E-state index in [1.165, 1.54) is 32.1 Å². The van der Waals surface area contributed by atoms with Crippen LogP contribution in [0.1, 0.15) is 32.1 Å². The van der Waals surface area contributed by atoms with Crippen molar-refractivity contribution in [3.05, 3.63) is 0 Å². The molecular weight excluding hydrogens is 162 g/mol. The maximum atomic E-state index is 5.01. The first-order valence-corrected chi connectivity index (χ1v) is 5.12. The summed E-state index contributed by atoms with van der Waals surface area (Å²) in [5.41, 5.74) is 0. The van der Waals surface area contributed by atoms with Crippen LogP contribution < -0.4 is 5.32 Å². The lowest BCUT2D eigenvalue weighted by Gasteiger charge is -2.10. The molecule has 1 N–H and O–H groups in total. The second-order valence-electron chi connectivity index (χ2n) is 3.13. The van der Waals surface area contributed by atoms with Crippen LogP contribution in [0.15, 0.2) is 0 Å². The van der Waals surface area contributed by atoms with Gasteiger partial charge in [0.05, 0.1) is 13.2 Å². The van der Waals surface area contributed by atoms with Gasteiger partial charge in [-0.15, -0.1) is 12.8 Å². The largest absolute Gasteiger partial charge is 0.379 e. The van der Waals surface area contributed by atoms with E-state index in [-0.39, 0.29) is 0 Å². The van der Waals surface area contributed by atoms with Crippen LogP contribution in [-0.4, -0.2) is 26.3 Å². The number of nitrogens with one attached hydrogen (secondary N) is 1. The van der Waals surface area contributed by atoms with Gasteiger partial charge in [0.1, 0.15) is 0 Å². The van der Waals surface area contributed by atoms with Crippen LogP contribution in [0.25, 0.3) is 0 Å². The van der Waals surface area contributed by atoms with Gasteiger partial charge in [-0.05, 0) is 0 Å². The SMILES string of the molecule is C#C.C1CCCC1.C1COCCN1. The third-order valence-corrected chi connectivity index (χ3v) is 2.10. The van der Waals surface area contributed by atoms with Gasteiger partial charge in [-0.3, -0.25) is 0 Å². The summed E-state index contributed by atoms with van der Waals surface area (Å²) in [6, 6.07) is 0. The third kappa shape index (κ3) is 9.39. The van der Waals surface area contributed by atoms with E-state index in [0.717, 1.165) is 26.3 Å². The molecule has 1 saturated heterocycles. The van der Waals surface area contributed by atoms with Crippen molar-refractivity contribution in [1.82, 2.24) is 5.32 Å². The second-order valence-corrected chi connectivity index (χ2v) is 3.13. The van der Waals surface area contributed by atoms with E-state index in [1.54, 1.807) is 0 Å². The number of morpholine rings is 1. The third-order valence-electron chi connectivity index (χ3n) is 2.10. The molecule has 2 heteroatoms. The van der Waals surface area contributed by atoms with E-state index in [2.05, 4.69) is 18.2 Å². The highest BCUT2D eigenvalue weighted by Gasteiger charge is 1.95. The highest BCUT2D eigenvalue weighted by atomic mass is 16.5. The number of hydrogen-bond acceptors (Lipinski definition) is 2. The number of ether oxygens (including phenoxy) is 1. The molecule has 0 aromatic carbocycles. The molecule has 0 amide bonds. The van der Waals surface area contributed by atoms with Crippen LogP contribution in [0.5, 0.6) is 0 Å². The first-order chi connectivity index (χ1) is 6.50. The van der Waals surface area contributed by atoms with Gasteiger partial charge >= 0.3 is 0 Å². The summed E-state index contributed by atoms with van der Waals surface area (Å²) < 4.78 is 5.01. The minimum atomic E-state index is 0.889. The van der Waals surface area contributed by atoms with Gasteiger partial charge in [-0.25, -0.2) is 0 Å². The van der Waals surface area contributed by atoms with Gasteiger partial charge in [-0.2, -0.15) is 0 Å². The monoisotopic (exact) mass is 183 g/mol. The number of hydrogen-bond donors (Lipinski definition) is 1. The Balaban J connectivity index is 0.000000189.